The highest BCUT2D eigenvalue weighted by Crippen LogP contribution is 2.11. The van der Waals surface area contributed by atoms with Crippen LogP contribution in [0.25, 0.3) is 0 Å². The lowest BCUT2D eigenvalue weighted by atomic mass is 10.1. The van der Waals surface area contributed by atoms with E-state index in [1.54, 1.807) is 23.1 Å². The fourth-order valence-corrected chi connectivity index (χ4v) is 2.80. The molecular weight excluding hydrogens is 268 g/mol. The Labute approximate surface area is 125 Å². The number of benzene rings is 1. The minimum Gasteiger partial charge on any atom is -0.545 e. The minimum absolute atomic E-state index is 0.0285. The fraction of sp³-hybridized carbons (Fsp3) is 0.500. The summed E-state index contributed by atoms with van der Waals surface area (Å²) in [6, 6.07) is 6.86. The van der Waals surface area contributed by atoms with E-state index < -0.39 is 5.97 Å². The highest BCUT2D eigenvalue weighted by Gasteiger charge is 2.27. The second-order valence-electron chi connectivity index (χ2n) is 5.59. The Morgan fingerprint density at radius 3 is 2.33 bits per heavy atom. The van der Waals surface area contributed by atoms with Crippen LogP contribution in [-0.4, -0.2) is 49.0 Å². The van der Waals surface area contributed by atoms with Crippen molar-refractivity contribution in [2.24, 2.45) is 0 Å². The lowest BCUT2D eigenvalue weighted by molar-refractivity contribution is -0.927. The highest BCUT2D eigenvalue weighted by molar-refractivity contribution is 6.04. The maximum absolute atomic E-state index is 12.5. The van der Waals surface area contributed by atoms with Crippen molar-refractivity contribution in [1.29, 1.82) is 0 Å². The summed E-state index contributed by atoms with van der Waals surface area (Å²) in [4.78, 5) is 26.9. The number of nitrogens with one attached hydrogen (secondary N) is 1. The molecule has 1 aliphatic heterocycles. The predicted octanol–water partition coefficient (Wildman–Crippen LogP) is -0.811. The number of piperazine rings is 1. The van der Waals surface area contributed by atoms with E-state index in [1.165, 1.54) is 11.0 Å². The molecule has 21 heavy (non-hydrogen) atoms. The molecule has 1 atom stereocenters. The van der Waals surface area contributed by atoms with E-state index in [0.717, 1.165) is 19.5 Å². The van der Waals surface area contributed by atoms with Crippen LogP contribution in [0.2, 0.25) is 0 Å². The third kappa shape index (κ3) is 3.42. The van der Waals surface area contributed by atoms with Crippen LogP contribution in [0.15, 0.2) is 24.3 Å². The summed E-state index contributed by atoms with van der Waals surface area (Å²) in [5.74, 6) is -1.51. The Kier molecular flexibility index (Phi) is 4.96. The van der Waals surface area contributed by atoms with Gasteiger partial charge in [-0.25, -0.2) is 0 Å². The van der Waals surface area contributed by atoms with Crippen LogP contribution in [0, 0.1) is 0 Å². The number of carbonyl (C=O) groups excluding carboxylic acids is 2. The quantitative estimate of drug-likeness (QED) is 0.789. The molecule has 0 aliphatic carbocycles. The van der Waals surface area contributed by atoms with Crippen molar-refractivity contribution < 1.29 is 19.6 Å². The molecule has 5 heteroatoms. The van der Waals surface area contributed by atoms with Gasteiger partial charge in [-0.3, -0.25) is 4.79 Å². The zero-order valence-electron chi connectivity index (χ0n) is 12.6. The number of hydrogen-bond donors (Lipinski definition) is 1. The van der Waals surface area contributed by atoms with Crippen LogP contribution < -0.4 is 10.0 Å². The lowest BCUT2D eigenvalue weighted by Gasteiger charge is -2.35. The number of rotatable bonds is 4. The molecule has 0 unspecified atom stereocenters. The molecule has 2 rings (SSSR count). The lowest BCUT2D eigenvalue weighted by Crippen LogP contribution is -3.17. The van der Waals surface area contributed by atoms with Crippen LogP contribution in [-0.2, 0) is 0 Å². The topological polar surface area (TPSA) is 64.9 Å². The summed E-state index contributed by atoms with van der Waals surface area (Å²) >= 11 is 0. The summed E-state index contributed by atoms with van der Waals surface area (Å²) < 4.78 is 0. The molecule has 0 bridgehead atoms. The third-order valence-corrected chi connectivity index (χ3v) is 4.38. The highest BCUT2D eigenvalue weighted by atomic mass is 16.4. The molecule has 0 aromatic heterocycles. The van der Waals surface area contributed by atoms with E-state index in [9.17, 15) is 14.7 Å². The van der Waals surface area contributed by atoms with Gasteiger partial charge in [-0.2, -0.15) is 0 Å². The van der Waals surface area contributed by atoms with Crippen molar-refractivity contribution in [2.45, 2.75) is 26.3 Å². The monoisotopic (exact) mass is 290 g/mol. The number of aromatic carboxylic acids is 1. The van der Waals surface area contributed by atoms with Gasteiger partial charge in [-0.05, 0) is 19.4 Å². The molecule has 1 aromatic carbocycles. The molecule has 114 valence electrons. The van der Waals surface area contributed by atoms with E-state index in [0.29, 0.717) is 19.1 Å². The van der Waals surface area contributed by atoms with Gasteiger partial charge >= 0.3 is 0 Å². The fourth-order valence-electron chi connectivity index (χ4n) is 2.80. The van der Waals surface area contributed by atoms with Gasteiger partial charge in [-0.1, -0.05) is 25.1 Å². The number of hydrogen-bond acceptors (Lipinski definition) is 3. The largest absolute Gasteiger partial charge is 0.545 e. The van der Waals surface area contributed by atoms with Crippen molar-refractivity contribution in [3.8, 4) is 0 Å². The molecule has 1 fully saturated rings. The average Bonchev–Trinajstić information content (AvgIpc) is 2.53. The zero-order valence-corrected chi connectivity index (χ0v) is 12.6. The molecule has 0 saturated carbocycles. The van der Waals surface area contributed by atoms with Gasteiger partial charge in [0.15, 0.2) is 0 Å². The van der Waals surface area contributed by atoms with Crippen molar-refractivity contribution in [3.63, 3.8) is 0 Å². The van der Waals surface area contributed by atoms with Crippen LogP contribution >= 0.6 is 0 Å². The SMILES string of the molecule is CC[C@H](C)[NH+]1CCN(C(=O)c2ccccc2C(=O)[O-])CC1. The molecular formula is C16H22N2O3. The Balaban J connectivity index is 2.08. The van der Waals surface area contributed by atoms with Crippen molar-refractivity contribution in [1.82, 2.24) is 4.90 Å². The Hall–Kier alpha value is -1.88. The number of nitrogens with zero attached hydrogens (tertiary/aromatic N) is 1. The van der Waals surface area contributed by atoms with Gasteiger partial charge in [0, 0.05) is 11.1 Å². The van der Waals surface area contributed by atoms with Crippen molar-refractivity contribution in [2.75, 3.05) is 26.2 Å². The van der Waals surface area contributed by atoms with Crippen molar-refractivity contribution >= 4 is 11.9 Å². The summed E-state index contributed by atoms with van der Waals surface area (Å²) in [7, 11) is 0. The molecule has 1 heterocycles. The molecule has 1 aliphatic rings. The number of carboxylic acids is 1. The Morgan fingerprint density at radius 2 is 1.81 bits per heavy atom. The number of carboxylic acid groups (broad SMARTS) is 1. The first-order chi connectivity index (χ1) is 10.0. The normalized spacial score (nSPS) is 17.5. The van der Waals surface area contributed by atoms with Gasteiger partial charge in [-0.15, -0.1) is 0 Å². The number of quaternary nitrogens is 1. The number of carbonyl (C=O) groups is 2. The van der Waals surface area contributed by atoms with E-state index in [4.69, 9.17) is 0 Å². The average molecular weight is 290 g/mol. The molecule has 1 N–H and O–H groups in total. The smallest absolute Gasteiger partial charge is 0.254 e. The van der Waals surface area contributed by atoms with E-state index in [-0.39, 0.29) is 17.0 Å². The Morgan fingerprint density at radius 1 is 1.24 bits per heavy atom. The first-order valence-corrected chi connectivity index (χ1v) is 7.48. The van der Waals surface area contributed by atoms with Crippen molar-refractivity contribution in [3.05, 3.63) is 35.4 Å². The molecule has 1 saturated heterocycles. The molecule has 0 radical (unpaired) electrons. The van der Waals surface area contributed by atoms with E-state index in [2.05, 4.69) is 13.8 Å². The van der Waals surface area contributed by atoms with E-state index >= 15 is 0 Å². The van der Waals surface area contributed by atoms with Crippen LogP contribution in [0.5, 0.6) is 0 Å². The first kappa shape index (κ1) is 15.5. The first-order valence-electron chi connectivity index (χ1n) is 7.48. The predicted molar refractivity (Wildman–Crippen MR) is 77.1 cm³/mol. The minimum atomic E-state index is -1.30. The molecule has 1 amide bonds. The summed E-state index contributed by atoms with van der Waals surface area (Å²) in [6.45, 7) is 7.55. The number of amides is 1. The van der Waals surface area contributed by atoms with Crippen LogP contribution in [0.4, 0.5) is 0 Å². The standard InChI is InChI=1S/C16H22N2O3/c1-3-12(2)17-8-10-18(11-9-17)15(19)13-6-4-5-7-14(13)16(20)21/h4-7,12H,3,8-11H2,1-2H3,(H,20,21)/t12-/m0/s1. The van der Waals surface area contributed by atoms with Gasteiger partial charge in [0.1, 0.15) is 0 Å². The second kappa shape index (κ2) is 6.72. The zero-order chi connectivity index (χ0) is 15.4. The molecule has 5 nitrogen and oxygen atoms in total. The maximum atomic E-state index is 12.5. The van der Waals surface area contributed by atoms with Gasteiger partial charge in [0.2, 0.25) is 0 Å². The maximum Gasteiger partial charge on any atom is 0.254 e. The van der Waals surface area contributed by atoms with Gasteiger partial charge in [0.05, 0.1) is 38.2 Å². The van der Waals surface area contributed by atoms with Gasteiger partial charge in [0.25, 0.3) is 5.91 Å². The summed E-state index contributed by atoms with van der Waals surface area (Å²) in [5.41, 5.74) is 0.198. The molecule has 1 aromatic rings. The molecule has 0 spiro atoms. The van der Waals surface area contributed by atoms with Crippen LogP contribution in [0.1, 0.15) is 41.0 Å². The Bertz CT molecular complexity index is 522. The summed E-state index contributed by atoms with van der Waals surface area (Å²) in [6.07, 6.45) is 1.12. The summed E-state index contributed by atoms with van der Waals surface area (Å²) in [5, 5.41) is 11.1. The third-order valence-electron chi connectivity index (χ3n) is 4.38. The van der Waals surface area contributed by atoms with Crippen LogP contribution in [0.3, 0.4) is 0 Å². The van der Waals surface area contributed by atoms with Gasteiger partial charge < -0.3 is 19.7 Å². The second-order valence-corrected chi connectivity index (χ2v) is 5.59. The van der Waals surface area contributed by atoms with E-state index in [1.807, 2.05) is 0 Å².